The fraction of sp³-hybridized carbons (Fsp3) is 0.448. The van der Waals surface area contributed by atoms with Crippen LogP contribution in [-0.4, -0.2) is 96.0 Å². The number of hydrazone groups is 1. The Morgan fingerprint density at radius 1 is 1.27 bits per heavy atom. The normalized spacial score (nSPS) is 14.9. The maximum atomic E-state index is 10.3. The van der Waals surface area contributed by atoms with Gasteiger partial charge in [0.15, 0.2) is 0 Å². The fourth-order valence-electron chi connectivity index (χ4n) is 3.35. The molecule has 1 aromatic carbocycles. The fourth-order valence-corrected chi connectivity index (χ4v) is 3.66. The summed E-state index contributed by atoms with van der Waals surface area (Å²) in [6.45, 7) is 18.2. The van der Waals surface area contributed by atoms with E-state index >= 15 is 0 Å². The molecule has 0 aliphatic carbocycles. The van der Waals surface area contributed by atoms with E-state index in [1.54, 1.807) is 19.5 Å². The lowest BCUT2D eigenvalue weighted by Crippen LogP contribution is -2.43. The number of alkyl halides is 1. The summed E-state index contributed by atoms with van der Waals surface area (Å²) in [6, 6.07) is 10.1. The van der Waals surface area contributed by atoms with Gasteiger partial charge in [-0.25, -0.2) is 10.4 Å². The van der Waals surface area contributed by atoms with E-state index in [9.17, 15) is 4.39 Å². The Balaban J connectivity index is 0.00000114. The number of piperazine rings is 1. The molecule has 1 unspecified atom stereocenters. The number of hydrogen-bond acceptors (Lipinski definition) is 8. The van der Waals surface area contributed by atoms with Crippen LogP contribution < -0.4 is 21.4 Å². The van der Waals surface area contributed by atoms with E-state index in [2.05, 4.69) is 79.3 Å². The number of anilines is 2. The van der Waals surface area contributed by atoms with Gasteiger partial charge in [-0.3, -0.25) is 14.4 Å². The second kappa shape index (κ2) is 24.6. The van der Waals surface area contributed by atoms with Gasteiger partial charge in [0.2, 0.25) is 5.96 Å². The Labute approximate surface area is 250 Å². The average molecular weight is 592 g/mol. The predicted octanol–water partition coefficient (Wildman–Crippen LogP) is 4.68. The van der Waals surface area contributed by atoms with Crippen molar-refractivity contribution in [2.24, 2.45) is 15.1 Å². The van der Waals surface area contributed by atoms with E-state index < -0.39 is 0 Å². The third-order valence-corrected chi connectivity index (χ3v) is 5.58. The van der Waals surface area contributed by atoms with Gasteiger partial charge in [0.05, 0.1) is 37.1 Å². The van der Waals surface area contributed by atoms with Crippen LogP contribution in [0.5, 0.6) is 0 Å². The molecule has 1 aliphatic rings. The molecule has 0 bridgehead atoms. The maximum Gasteiger partial charge on any atom is 0.237 e. The second-order valence-corrected chi connectivity index (χ2v) is 8.65. The summed E-state index contributed by atoms with van der Waals surface area (Å²) in [5, 5.41) is 14.6. The monoisotopic (exact) mass is 591 g/mol. The van der Waals surface area contributed by atoms with Crippen LogP contribution in [0.25, 0.3) is 0 Å². The highest BCUT2D eigenvalue weighted by molar-refractivity contribution is 6.31. The van der Waals surface area contributed by atoms with Gasteiger partial charge in [0.1, 0.15) is 0 Å². The van der Waals surface area contributed by atoms with E-state index in [1.807, 2.05) is 38.2 Å². The SMILES string of the molecule is C=C.C=NC(=NC)N/N=C/c1ccc(Nc2ccc(C3CN(C)CCN3)c(Cl)c2)cn1.CCF.CCOCCNC. The first-order valence-corrected chi connectivity index (χ1v) is 13.7. The number of benzene rings is 1. The van der Waals surface area contributed by atoms with Crippen molar-refractivity contribution in [2.45, 2.75) is 19.9 Å². The summed E-state index contributed by atoms with van der Waals surface area (Å²) >= 11 is 6.55. The lowest BCUT2D eigenvalue weighted by molar-refractivity contribution is 0.151. The zero-order valence-electron chi connectivity index (χ0n) is 25.1. The summed E-state index contributed by atoms with van der Waals surface area (Å²) < 4.78 is 15.3. The smallest absolute Gasteiger partial charge is 0.237 e. The minimum atomic E-state index is -0.250. The molecule has 228 valence electrons. The number of guanidine groups is 1. The van der Waals surface area contributed by atoms with Gasteiger partial charge in [-0.15, -0.1) is 13.2 Å². The van der Waals surface area contributed by atoms with Crippen LogP contribution >= 0.6 is 11.6 Å². The standard InChI is InChI=1S/C20H25ClN8.C5H13NO.C2H5F.C2H4/c1-22-20(23-2)28-26-12-15-4-5-16(11-25-15)27-14-6-7-17(18(21)10-14)19-13-29(3)9-8-24-19;1-3-7-5-4-6-2;1-2-3;1-2/h4-7,10-12,19,24,27H,1,8-9,13H2,2-3H3,(H,23,28);6H,3-5H2,1-2H3;2H2,1H3;1-2H2/b26-12+;;;. The van der Waals surface area contributed by atoms with Crippen LogP contribution in [0.4, 0.5) is 15.8 Å². The Kier molecular flexibility index (Phi) is 22.6. The molecule has 1 fully saturated rings. The van der Waals surface area contributed by atoms with Crippen molar-refractivity contribution in [3.05, 3.63) is 66.0 Å². The van der Waals surface area contributed by atoms with Crippen molar-refractivity contribution in [3.8, 4) is 0 Å². The van der Waals surface area contributed by atoms with E-state index in [-0.39, 0.29) is 12.7 Å². The van der Waals surface area contributed by atoms with Crippen molar-refractivity contribution in [1.82, 2.24) is 25.9 Å². The van der Waals surface area contributed by atoms with Gasteiger partial charge in [0, 0.05) is 56.6 Å². The molecule has 0 amide bonds. The minimum Gasteiger partial charge on any atom is -0.380 e. The van der Waals surface area contributed by atoms with Crippen molar-refractivity contribution in [3.63, 3.8) is 0 Å². The number of ether oxygens (including phenoxy) is 1. The minimum absolute atomic E-state index is 0.249. The topological polar surface area (TPSA) is 111 Å². The maximum absolute atomic E-state index is 10.3. The zero-order valence-corrected chi connectivity index (χ0v) is 25.8. The van der Waals surface area contributed by atoms with Gasteiger partial charge in [-0.05, 0) is 64.5 Å². The van der Waals surface area contributed by atoms with Gasteiger partial charge in [-0.1, -0.05) is 17.7 Å². The highest BCUT2D eigenvalue weighted by Crippen LogP contribution is 2.29. The average Bonchev–Trinajstić information content (AvgIpc) is 2.98. The highest BCUT2D eigenvalue weighted by Gasteiger charge is 2.20. The molecule has 0 saturated carbocycles. The number of aromatic nitrogens is 1. The molecule has 3 rings (SSSR count). The molecule has 10 nitrogen and oxygen atoms in total. The third-order valence-electron chi connectivity index (χ3n) is 5.25. The molecule has 0 radical (unpaired) electrons. The number of aliphatic imine (C=N–C) groups is 2. The van der Waals surface area contributed by atoms with E-state index in [0.717, 1.165) is 61.4 Å². The largest absolute Gasteiger partial charge is 0.380 e. The molecular weight excluding hydrogens is 545 g/mol. The molecule has 1 aliphatic heterocycles. The predicted molar refractivity (Wildman–Crippen MR) is 174 cm³/mol. The first kappa shape index (κ1) is 37.8. The molecule has 12 heteroatoms. The molecule has 1 saturated heterocycles. The molecule has 4 N–H and O–H groups in total. The van der Waals surface area contributed by atoms with E-state index in [0.29, 0.717) is 11.7 Å². The van der Waals surface area contributed by atoms with E-state index in [4.69, 9.17) is 16.3 Å². The molecular formula is C29H47ClFN9O. The first-order chi connectivity index (χ1) is 19.9. The molecule has 2 aromatic rings. The van der Waals surface area contributed by atoms with Crippen LogP contribution in [0.2, 0.25) is 5.02 Å². The molecule has 1 aromatic heterocycles. The summed E-state index contributed by atoms with van der Waals surface area (Å²) in [5.41, 5.74) is 6.26. The number of likely N-dealkylation sites (N-methyl/N-ethyl adjacent to an activating group) is 2. The van der Waals surface area contributed by atoms with E-state index in [1.165, 1.54) is 6.92 Å². The van der Waals surface area contributed by atoms with Crippen molar-refractivity contribution in [1.29, 1.82) is 0 Å². The molecule has 0 spiro atoms. The second-order valence-electron chi connectivity index (χ2n) is 8.25. The number of hydrogen-bond donors (Lipinski definition) is 4. The lowest BCUT2D eigenvalue weighted by atomic mass is 10.0. The summed E-state index contributed by atoms with van der Waals surface area (Å²) in [7, 11) is 5.65. The summed E-state index contributed by atoms with van der Waals surface area (Å²) in [4.78, 5) is 14.2. The summed E-state index contributed by atoms with van der Waals surface area (Å²) in [5.74, 6) is 0.343. The van der Waals surface area contributed by atoms with Crippen LogP contribution in [0.1, 0.15) is 31.1 Å². The van der Waals surface area contributed by atoms with Crippen LogP contribution in [0.3, 0.4) is 0 Å². The van der Waals surface area contributed by atoms with Crippen molar-refractivity contribution in [2.75, 3.05) is 72.5 Å². The Morgan fingerprint density at radius 3 is 2.51 bits per heavy atom. The Morgan fingerprint density at radius 2 is 1.98 bits per heavy atom. The molecule has 41 heavy (non-hydrogen) atoms. The summed E-state index contributed by atoms with van der Waals surface area (Å²) in [6.07, 6.45) is 3.32. The number of halogens is 2. The first-order valence-electron chi connectivity index (χ1n) is 13.4. The number of nitrogens with zero attached hydrogens (tertiary/aromatic N) is 5. The zero-order chi connectivity index (χ0) is 30.9. The quantitative estimate of drug-likeness (QED) is 0.110. The van der Waals surface area contributed by atoms with Crippen LogP contribution in [0, 0.1) is 0 Å². The van der Waals surface area contributed by atoms with Gasteiger partial charge in [-0.2, -0.15) is 5.10 Å². The van der Waals surface area contributed by atoms with Crippen molar-refractivity contribution < 1.29 is 9.13 Å². The van der Waals surface area contributed by atoms with Crippen molar-refractivity contribution >= 4 is 41.9 Å². The number of pyridine rings is 1. The van der Waals surface area contributed by atoms with Crippen LogP contribution in [-0.2, 0) is 4.74 Å². The Bertz CT molecular complexity index is 1020. The lowest BCUT2D eigenvalue weighted by Gasteiger charge is -2.31. The van der Waals surface area contributed by atoms with Crippen LogP contribution in [0.15, 0.2) is 64.8 Å². The number of nitrogens with one attached hydrogen (secondary N) is 4. The molecule has 1 atom stereocenters. The highest BCUT2D eigenvalue weighted by atomic mass is 35.5. The van der Waals surface area contributed by atoms with Gasteiger partial charge < -0.3 is 25.6 Å². The Hall–Kier alpha value is -3.22. The van der Waals surface area contributed by atoms with Gasteiger partial charge >= 0.3 is 0 Å². The number of rotatable bonds is 9. The molecule has 2 heterocycles. The third kappa shape index (κ3) is 16.6. The van der Waals surface area contributed by atoms with Gasteiger partial charge in [0.25, 0.3) is 0 Å².